The fourth-order valence-corrected chi connectivity index (χ4v) is 0.745. The monoisotopic (exact) mass is 162 g/mol. The van der Waals surface area contributed by atoms with Gasteiger partial charge in [0.05, 0.1) is 0 Å². The first-order valence-corrected chi connectivity index (χ1v) is 3.91. The van der Waals surface area contributed by atoms with Crippen LogP contribution in [0.25, 0.3) is 0 Å². The van der Waals surface area contributed by atoms with E-state index in [1.807, 2.05) is 0 Å². The Kier molecular flexibility index (Phi) is 7.83. The van der Waals surface area contributed by atoms with Crippen molar-refractivity contribution in [2.75, 3.05) is 26.8 Å². The van der Waals surface area contributed by atoms with Gasteiger partial charge in [0.1, 0.15) is 6.23 Å². The van der Waals surface area contributed by atoms with Gasteiger partial charge in [0.2, 0.25) is 0 Å². The van der Waals surface area contributed by atoms with Gasteiger partial charge in [0, 0.05) is 13.7 Å². The first kappa shape index (κ1) is 10.8. The standard InChI is InChI=1S/C7H18N2O2/c1-11-6-2-5-9-7(10)3-4-8/h7,9-10H,2-6,8H2,1H3. The number of ether oxygens (including phenoxy) is 1. The van der Waals surface area contributed by atoms with Gasteiger partial charge in [0.25, 0.3) is 0 Å². The summed E-state index contributed by atoms with van der Waals surface area (Å²) in [6.07, 6.45) is 1.06. The molecular weight excluding hydrogens is 144 g/mol. The highest BCUT2D eigenvalue weighted by Crippen LogP contribution is 1.84. The summed E-state index contributed by atoms with van der Waals surface area (Å²) >= 11 is 0. The minimum atomic E-state index is -0.461. The molecule has 0 aliphatic heterocycles. The third-order valence-electron chi connectivity index (χ3n) is 1.35. The Morgan fingerprint density at radius 3 is 2.91 bits per heavy atom. The van der Waals surface area contributed by atoms with Crippen LogP contribution in [0.2, 0.25) is 0 Å². The van der Waals surface area contributed by atoms with Crippen molar-refractivity contribution in [3.63, 3.8) is 0 Å². The van der Waals surface area contributed by atoms with Crippen LogP contribution in [0.15, 0.2) is 0 Å². The van der Waals surface area contributed by atoms with E-state index in [1.54, 1.807) is 7.11 Å². The Hall–Kier alpha value is -0.160. The van der Waals surface area contributed by atoms with E-state index < -0.39 is 6.23 Å². The summed E-state index contributed by atoms with van der Waals surface area (Å²) in [6, 6.07) is 0. The van der Waals surface area contributed by atoms with Crippen molar-refractivity contribution in [3.05, 3.63) is 0 Å². The second-order valence-corrected chi connectivity index (χ2v) is 2.39. The zero-order chi connectivity index (χ0) is 8.53. The lowest BCUT2D eigenvalue weighted by molar-refractivity contribution is 0.123. The first-order valence-electron chi connectivity index (χ1n) is 3.91. The summed E-state index contributed by atoms with van der Waals surface area (Å²) in [5.74, 6) is 0. The van der Waals surface area contributed by atoms with Crippen LogP contribution in [-0.4, -0.2) is 38.1 Å². The molecule has 0 aliphatic carbocycles. The van der Waals surface area contributed by atoms with Gasteiger partial charge in [-0.15, -0.1) is 0 Å². The molecule has 68 valence electrons. The molecule has 1 unspecified atom stereocenters. The van der Waals surface area contributed by atoms with Gasteiger partial charge in [-0.25, -0.2) is 0 Å². The smallest absolute Gasteiger partial charge is 0.106 e. The lowest BCUT2D eigenvalue weighted by Gasteiger charge is -2.10. The molecule has 0 saturated heterocycles. The summed E-state index contributed by atoms with van der Waals surface area (Å²) in [4.78, 5) is 0. The van der Waals surface area contributed by atoms with Gasteiger partial charge in [-0.1, -0.05) is 0 Å². The summed E-state index contributed by atoms with van der Waals surface area (Å²) in [6.45, 7) is 2.01. The number of hydrogen-bond acceptors (Lipinski definition) is 4. The van der Waals surface area contributed by atoms with Gasteiger partial charge in [-0.3, -0.25) is 5.32 Å². The van der Waals surface area contributed by atoms with Gasteiger partial charge in [-0.05, 0) is 25.9 Å². The predicted molar refractivity (Wildman–Crippen MR) is 44.2 cm³/mol. The number of rotatable bonds is 7. The fourth-order valence-electron chi connectivity index (χ4n) is 0.745. The average molecular weight is 162 g/mol. The van der Waals surface area contributed by atoms with E-state index in [0.29, 0.717) is 13.0 Å². The van der Waals surface area contributed by atoms with Crippen molar-refractivity contribution < 1.29 is 9.84 Å². The van der Waals surface area contributed by atoms with Gasteiger partial charge < -0.3 is 15.6 Å². The number of aliphatic hydroxyl groups is 1. The van der Waals surface area contributed by atoms with Crippen LogP contribution >= 0.6 is 0 Å². The van der Waals surface area contributed by atoms with Gasteiger partial charge in [-0.2, -0.15) is 0 Å². The van der Waals surface area contributed by atoms with Crippen molar-refractivity contribution in [2.45, 2.75) is 19.1 Å². The number of methoxy groups -OCH3 is 1. The fraction of sp³-hybridized carbons (Fsp3) is 1.00. The topological polar surface area (TPSA) is 67.5 Å². The molecule has 0 fully saturated rings. The van der Waals surface area contributed by atoms with Gasteiger partial charge in [0.15, 0.2) is 0 Å². The van der Waals surface area contributed by atoms with E-state index in [0.717, 1.165) is 19.6 Å². The van der Waals surface area contributed by atoms with E-state index in [4.69, 9.17) is 15.6 Å². The number of aliphatic hydroxyl groups excluding tert-OH is 1. The van der Waals surface area contributed by atoms with Crippen molar-refractivity contribution in [1.82, 2.24) is 5.32 Å². The van der Waals surface area contributed by atoms with E-state index >= 15 is 0 Å². The molecule has 11 heavy (non-hydrogen) atoms. The molecule has 0 saturated carbocycles. The molecule has 0 bridgehead atoms. The predicted octanol–water partition coefficient (Wildman–Crippen LogP) is -0.720. The van der Waals surface area contributed by atoms with Crippen molar-refractivity contribution >= 4 is 0 Å². The van der Waals surface area contributed by atoms with Crippen molar-refractivity contribution in [1.29, 1.82) is 0 Å². The maximum Gasteiger partial charge on any atom is 0.106 e. The molecule has 0 aromatic carbocycles. The molecule has 0 heterocycles. The second kappa shape index (κ2) is 7.94. The minimum Gasteiger partial charge on any atom is -0.385 e. The van der Waals surface area contributed by atoms with Crippen LogP contribution in [-0.2, 0) is 4.74 Å². The Morgan fingerprint density at radius 1 is 1.64 bits per heavy atom. The quantitative estimate of drug-likeness (QED) is 0.341. The highest BCUT2D eigenvalue weighted by atomic mass is 16.5. The summed E-state index contributed by atoms with van der Waals surface area (Å²) in [5.41, 5.74) is 5.24. The van der Waals surface area contributed by atoms with Crippen LogP contribution in [0.1, 0.15) is 12.8 Å². The maximum absolute atomic E-state index is 9.12. The van der Waals surface area contributed by atoms with E-state index in [9.17, 15) is 0 Å². The molecule has 0 rings (SSSR count). The lowest BCUT2D eigenvalue weighted by atomic mass is 10.3. The molecule has 0 amide bonds. The third kappa shape index (κ3) is 7.74. The van der Waals surface area contributed by atoms with E-state index in [-0.39, 0.29) is 0 Å². The Morgan fingerprint density at radius 2 is 2.36 bits per heavy atom. The molecule has 4 heteroatoms. The van der Waals surface area contributed by atoms with Crippen LogP contribution in [0.4, 0.5) is 0 Å². The van der Waals surface area contributed by atoms with Crippen LogP contribution in [0, 0.1) is 0 Å². The van der Waals surface area contributed by atoms with Gasteiger partial charge >= 0.3 is 0 Å². The minimum absolute atomic E-state index is 0.461. The molecule has 0 spiro atoms. The SMILES string of the molecule is COCCCNC(O)CCN. The molecule has 0 aliphatic rings. The maximum atomic E-state index is 9.12. The number of nitrogens with two attached hydrogens (primary N) is 1. The van der Waals surface area contributed by atoms with E-state index in [1.165, 1.54) is 0 Å². The van der Waals surface area contributed by atoms with Crippen LogP contribution in [0.3, 0.4) is 0 Å². The second-order valence-electron chi connectivity index (χ2n) is 2.39. The number of hydrogen-bond donors (Lipinski definition) is 3. The molecule has 4 N–H and O–H groups in total. The largest absolute Gasteiger partial charge is 0.385 e. The summed E-state index contributed by atoms with van der Waals surface area (Å²) in [7, 11) is 1.66. The molecular formula is C7H18N2O2. The average Bonchev–Trinajstić information content (AvgIpc) is 1.99. The highest BCUT2D eigenvalue weighted by Gasteiger charge is 1.98. The van der Waals surface area contributed by atoms with Crippen LogP contribution < -0.4 is 11.1 Å². The Bertz CT molecular complexity index is 80.8. The summed E-state index contributed by atoms with van der Waals surface area (Å²) < 4.78 is 4.84. The van der Waals surface area contributed by atoms with Crippen LogP contribution in [0.5, 0.6) is 0 Å². The Balaban J connectivity index is 2.97. The Labute approximate surface area is 67.7 Å². The highest BCUT2D eigenvalue weighted by molar-refractivity contribution is 4.53. The third-order valence-corrected chi connectivity index (χ3v) is 1.35. The summed E-state index contributed by atoms with van der Waals surface area (Å²) in [5, 5.41) is 12.0. The van der Waals surface area contributed by atoms with Crippen molar-refractivity contribution in [3.8, 4) is 0 Å². The zero-order valence-electron chi connectivity index (χ0n) is 7.05. The molecule has 1 atom stereocenters. The van der Waals surface area contributed by atoms with Crippen molar-refractivity contribution in [2.24, 2.45) is 5.73 Å². The molecule has 0 aromatic rings. The first-order chi connectivity index (χ1) is 5.31. The number of nitrogens with one attached hydrogen (secondary N) is 1. The lowest BCUT2D eigenvalue weighted by Crippen LogP contribution is -2.32. The van der Waals surface area contributed by atoms with E-state index in [2.05, 4.69) is 5.32 Å². The molecule has 4 nitrogen and oxygen atoms in total. The molecule has 0 aromatic heterocycles. The molecule has 0 radical (unpaired) electrons. The normalized spacial score (nSPS) is 13.4. The zero-order valence-corrected chi connectivity index (χ0v) is 7.05.